The molecule has 0 aliphatic heterocycles. The largest absolute Gasteiger partial charge is 0.497 e. The summed E-state index contributed by atoms with van der Waals surface area (Å²) in [6.07, 6.45) is 7.55. The fourth-order valence-corrected chi connectivity index (χ4v) is 1.44. The Bertz CT molecular complexity index is 446. The Morgan fingerprint density at radius 3 is 2.55 bits per heavy atom. The molecular weight excluding hydrogens is 256 g/mol. The molecule has 0 saturated heterocycles. The first-order valence-electron chi connectivity index (χ1n) is 6.38. The summed E-state index contributed by atoms with van der Waals surface area (Å²) in [6.45, 7) is 1.21. The van der Waals surface area contributed by atoms with Gasteiger partial charge in [-0.2, -0.15) is 0 Å². The number of allylic oxidation sites excluding steroid dienone is 2. The number of carbonyl (C=O) groups excluding carboxylic acids is 1. The fraction of sp³-hybridized carbons (Fsp3) is 0.312. The molecule has 0 heterocycles. The van der Waals surface area contributed by atoms with Crippen LogP contribution in [0.2, 0.25) is 0 Å². The van der Waals surface area contributed by atoms with Crippen molar-refractivity contribution >= 4 is 5.97 Å². The van der Waals surface area contributed by atoms with Gasteiger partial charge in [0.15, 0.2) is 0 Å². The summed E-state index contributed by atoms with van der Waals surface area (Å²) in [6, 6.07) is 7.79. The minimum absolute atomic E-state index is 0.356. The summed E-state index contributed by atoms with van der Waals surface area (Å²) < 4.78 is 15.1. The van der Waals surface area contributed by atoms with Crippen molar-refractivity contribution in [1.82, 2.24) is 0 Å². The van der Waals surface area contributed by atoms with E-state index >= 15 is 0 Å². The number of rotatable bonds is 8. The van der Waals surface area contributed by atoms with E-state index in [4.69, 9.17) is 9.47 Å². The summed E-state index contributed by atoms with van der Waals surface area (Å²) in [5.74, 6) is 0.486. The predicted octanol–water partition coefficient (Wildman–Crippen LogP) is 2.89. The average Bonchev–Trinajstić information content (AvgIpc) is 2.50. The smallest absolute Gasteiger partial charge is 0.330 e. The van der Waals surface area contributed by atoms with Crippen LogP contribution in [-0.4, -0.2) is 26.8 Å². The van der Waals surface area contributed by atoms with Gasteiger partial charge < -0.3 is 14.2 Å². The van der Waals surface area contributed by atoms with Gasteiger partial charge in [-0.1, -0.05) is 30.4 Å². The highest BCUT2D eigenvalue weighted by Crippen LogP contribution is 2.11. The third-order valence-electron chi connectivity index (χ3n) is 2.54. The number of ether oxygens (including phenoxy) is 3. The van der Waals surface area contributed by atoms with Crippen LogP contribution in [0.1, 0.15) is 12.0 Å². The van der Waals surface area contributed by atoms with Crippen molar-refractivity contribution in [1.29, 1.82) is 0 Å². The van der Waals surface area contributed by atoms with Crippen LogP contribution in [0.4, 0.5) is 0 Å². The first-order valence-corrected chi connectivity index (χ1v) is 6.38. The Balaban J connectivity index is 2.13. The zero-order chi connectivity index (χ0) is 14.6. The second-order valence-corrected chi connectivity index (χ2v) is 4.00. The van der Waals surface area contributed by atoms with Crippen LogP contribution in [0.25, 0.3) is 0 Å². The number of esters is 1. The highest BCUT2D eigenvalue weighted by Gasteiger charge is 1.94. The molecule has 0 radical (unpaired) electrons. The van der Waals surface area contributed by atoms with Gasteiger partial charge >= 0.3 is 5.97 Å². The van der Waals surface area contributed by atoms with Crippen molar-refractivity contribution in [2.24, 2.45) is 0 Å². The van der Waals surface area contributed by atoms with E-state index in [0.717, 1.165) is 17.7 Å². The van der Waals surface area contributed by atoms with E-state index in [1.54, 1.807) is 19.3 Å². The van der Waals surface area contributed by atoms with Crippen LogP contribution in [-0.2, 0) is 20.9 Å². The zero-order valence-electron chi connectivity index (χ0n) is 11.9. The Morgan fingerprint density at radius 1 is 1.15 bits per heavy atom. The molecule has 1 aromatic carbocycles. The average molecular weight is 276 g/mol. The molecule has 0 N–H and O–H groups in total. The molecule has 0 aromatic heterocycles. The lowest BCUT2D eigenvalue weighted by atomic mass is 10.2. The molecule has 1 rings (SSSR count). The molecule has 0 aliphatic rings. The van der Waals surface area contributed by atoms with Crippen molar-refractivity contribution in [2.45, 2.75) is 13.0 Å². The maximum atomic E-state index is 10.8. The minimum Gasteiger partial charge on any atom is -0.497 e. The van der Waals surface area contributed by atoms with E-state index < -0.39 is 0 Å². The molecule has 4 nitrogen and oxygen atoms in total. The maximum absolute atomic E-state index is 10.8. The van der Waals surface area contributed by atoms with Crippen LogP contribution in [0.5, 0.6) is 5.75 Å². The topological polar surface area (TPSA) is 44.8 Å². The predicted molar refractivity (Wildman–Crippen MR) is 77.6 cm³/mol. The minimum atomic E-state index is -0.356. The molecule has 0 saturated carbocycles. The third kappa shape index (κ3) is 6.75. The van der Waals surface area contributed by atoms with E-state index in [2.05, 4.69) is 4.74 Å². The molecule has 0 spiro atoms. The molecule has 4 heteroatoms. The van der Waals surface area contributed by atoms with Gasteiger partial charge in [0, 0.05) is 6.08 Å². The van der Waals surface area contributed by atoms with Gasteiger partial charge in [-0.15, -0.1) is 0 Å². The van der Waals surface area contributed by atoms with Gasteiger partial charge in [0.05, 0.1) is 27.4 Å². The molecule has 0 unspecified atom stereocenters. The normalized spacial score (nSPS) is 11.1. The van der Waals surface area contributed by atoms with Crippen molar-refractivity contribution in [3.05, 3.63) is 54.1 Å². The number of methoxy groups -OCH3 is 2. The third-order valence-corrected chi connectivity index (χ3v) is 2.54. The quantitative estimate of drug-likeness (QED) is 0.317. The highest BCUT2D eigenvalue weighted by molar-refractivity contribution is 5.82. The van der Waals surface area contributed by atoms with Gasteiger partial charge in [-0.05, 0) is 24.1 Å². The number of benzene rings is 1. The molecular formula is C16H20O4. The first-order chi connectivity index (χ1) is 9.76. The number of carbonyl (C=O) groups is 1. The van der Waals surface area contributed by atoms with Crippen LogP contribution in [0.3, 0.4) is 0 Å². The molecule has 0 amide bonds. The monoisotopic (exact) mass is 276 g/mol. The van der Waals surface area contributed by atoms with E-state index in [1.165, 1.54) is 13.2 Å². The second kappa shape index (κ2) is 9.81. The molecule has 1 aromatic rings. The van der Waals surface area contributed by atoms with Gasteiger partial charge in [0.25, 0.3) is 0 Å². The van der Waals surface area contributed by atoms with Crippen molar-refractivity contribution in [2.75, 3.05) is 20.8 Å². The van der Waals surface area contributed by atoms with Gasteiger partial charge in [-0.25, -0.2) is 4.79 Å². The van der Waals surface area contributed by atoms with Gasteiger partial charge in [0.2, 0.25) is 0 Å². The van der Waals surface area contributed by atoms with Crippen molar-refractivity contribution in [3.8, 4) is 5.75 Å². The molecule has 108 valence electrons. The molecule has 0 fully saturated rings. The van der Waals surface area contributed by atoms with E-state index in [1.807, 2.05) is 30.3 Å². The molecule has 0 atom stereocenters. The van der Waals surface area contributed by atoms with Gasteiger partial charge in [0.1, 0.15) is 5.75 Å². The molecule has 0 bridgehead atoms. The van der Waals surface area contributed by atoms with Gasteiger partial charge in [-0.3, -0.25) is 0 Å². The summed E-state index contributed by atoms with van der Waals surface area (Å²) >= 11 is 0. The van der Waals surface area contributed by atoms with Crippen LogP contribution in [0, 0.1) is 0 Å². The maximum Gasteiger partial charge on any atom is 0.330 e. The lowest BCUT2D eigenvalue weighted by Gasteiger charge is -2.04. The second-order valence-electron chi connectivity index (χ2n) is 4.00. The van der Waals surface area contributed by atoms with E-state index in [0.29, 0.717) is 13.2 Å². The molecule has 0 aliphatic carbocycles. The SMILES string of the molecule is COC(=O)/C=C/C=C/CCOCc1ccc(OC)cc1. The zero-order valence-corrected chi connectivity index (χ0v) is 11.9. The van der Waals surface area contributed by atoms with Crippen LogP contribution >= 0.6 is 0 Å². The van der Waals surface area contributed by atoms with Crippen molar-refractivity contribution < 1.29 is 19.0 Å². The Labute approximate surface area is 119 Å². The van der Waals surface area contributed by atoms with E-state index in [9.17, 15) is 4.79 Å². The summed E-state index contributed by atoms with van der Waals surface area (Å²) in [5.41, 5.74) is 1.11. The van der Waals surface area contributed by atoms with Crippen molar-refractivity contribution in [3.63, 3.8) is 0 Å². The van der Waals surface area contributed by atoms with Crippen LogP contribution in [0.15, 0.2) is 48.6 Å². The summed E-state index contributed by atoms with van der Waals surface area (Å²) in [4.78, 5) is 10.8. The lowest BCUT2D eigenvalue weighted by molar-refractivity contribution is -0.134. The lowest BCUT2D eigenvalue weighted by Crippen LogP contribution is -1.94. The number of hydrogen-bond donors (Lipinski definition) is 0. The Morgan fingerprint density at radius 2 is 1.90 bits per heavy atom. The van der Waals surface area contributed by atoms with Crippen LogP contribution < -0.4 is 4.74 Å². The number of hydrogen-bond acceptors (Lipinski definition) is 4. The first kappa shape index (κ1) is 16.0. The Kier molecular flexibility index (Phi) is 7.84. The summed E-state index contributed by atoms with van der Waals surface area (Å²) in [5, 5.41) is 0. The molecule has 20 heavy (non-hydrogen) atoms. The Hall–Kier alpha value is -2.07. The fourth-order valence-electron chi connectivity index (χ4n) is 1.44. The van der Waals surface area contributed by atoms with E-state index in [-0.39, 0.29) is 5.97 Å². The standard InChI is InChI=1S/C16H20O4/c1-18-15-10-8-14(9-11-15)13-20-12-6-4-3-5-7-16(17)19-2/h3-5,7-11H,6,12-13H2,1-2H3/b4-3+,7-5+. The summed E-state index contributed by atoms with van der Waals surface area (Å²) in [7, 11) is 3.00. The highest BCUT2D eigenvalue weighted by atomic mass is 16.5.